The standard InChI is InChI=1S/C16H24N2O4/c1-4-11(2)15(16(20)21)18-10-14(19)17-9-12-7-5-6-8-13(12)22-3/h5-8,11,15,18H,4,9-10H2,1-3H3,(H,17,19)(H,20,21)/t11-,15-/m0/s1. The molecule has 0 aliphatic heterocycles. The van der Waals surface area contributed by atoms with Gasteiger partial charge >= 0.3 is 5.97 Å². The zero-order valence-electron chi connectivity index (χ0n) is 13.3. The lowest BCUT2D eigenvalue weighted by molar-refractivity contribution is -0.140. The molecule has 6 heteroatoms. The predicted molar refractivity (Wildman–Crippen MR) is 83.7 cm³/mol. The van der Waals surface area contributed by atoms with Crippen LogP contribution in [0.2, 0.25) is 0 Å². The Bertz CT molecular complexity index is 505. The van der Waals surface area contributed by atoms with E-state index in [2.05, 4.69) is 10.6 Å². The van der Waals surface area contributed by atoms with Gasteiger partial charge in [0, 0.05) is 12.1 Å². The van der Waals surface area contributed by atoms with Crippen LogP contribution in [0.4, 0.5) is 0 Å². The predicted octanol–water partition coefficient (Wildman–Crippen LogP) is 1.40. The van der Waals surface area contributed by atoms with Crippen LogP contribution in [0.3, 0.4) is 0 Å². The monoisotopic (exact) mass is 308 g/mol. The normalized spacial score (nSPS) is 13.2. The molecular formula is C16H24N2O4. The van der Waals surface area contributed by atoms with Crippen LogP contribution in [0.25, 0.3) is 0 Å². The number of hydrogen-bond donors (Lipinski definition) is 3. The SMILES string of the molecule is CC[C@H](C)[C@H](NCC(=O)NCc1ccccc1OC)C(=O)O. The molecule has 0 aliphatic carbocycles. The number of carbonyl (C=O) groups is 2. The maximum Gasteiger partial charge on any atom is 0.320 e. The Balaban J connectivity index is 2.47. The number of nitrogens with one attached hydrogen (secondary N) is 2. The molecule has 0 radical (unpaired) electrons. The van der Waals surface area contributed by atoms with Gasteiger partial charge in [-0.3, -0.25) is 14.9 Å². The number of benzene rings is 1. The van der Waals surface area contributed by atoms with Gasteiger partial charge in [-0.15, -0.1) is 0 Å². The molecule has 0 aliphatic rings. The molecule has 1 amide bonds. The molecule has 0 spiro atoms. The van der Waals surface area contributed by atoms with Gasteiger partial charge < -0.3 is 15.2 Å². The number of hydrogen-bond acceptors (Lipinski definition) is 4. The minimum Gasteiger partial charge on any atom is -0.496 e. The first kappa shape index (κ1) is 18.0. The summed E-state index contributed by atoms with van der Waals surface area (Å²) in [7, 11) is 1.58. The zero-order valence-corrected chi connectivity index (χ0v) is 13.3. The second kappa shape index (κ2) is 9.04. The van der Waals surface area contributed by atoms with Crippen LogP contribution in [0, 0.1) is 5.92 Å². The number of para-hydroxylation sites is 1. The molecular weight excluding hydrogens is 284 g/mol. The maximum absolute atomic E-state index is 11.8. The van der Waals surface area contributed by atoms with Crippen molar-refractivity contribution in [2.45, 2.75) is 32.9 Å². The summed E-state index contributed by atoms with van der Waals surface area (Å²) in [5.41, 5.74) is 0.870. The molecule has 0 saturated heterocycles. The minimum absolute atomic E-state index is 0.0313. The van der Waals surface area contributed by atoms with Crippen LogP contribution in [-0.4, -0.2) is 36.7 Å². The van der Waals surface area contributed by atoms with E-state index in [0.717, 1.165) is 12.0 Å². The van der Waals surface area contributed by atoms with E-state index in [-0.39, 0.29) is 18.4 Å². The van der Waals surface area contributed by atoms with Crippen molar-refractivity contribution in [2.24, 2.45) is 5.92 Å². The van der Waals surface area contributed by atoms with E-state index in [1.54, 1.807) is 7.11 Å². The van der Waals surface area contributed by atoms with Crippen molar-refractivity contribution in [1.29, 1.82) is 0 Å². The van der Waals surface area contributed by atoms with Gasteiger partial charge in [0.1, 0.15) is 11.8 Å². The first-order chi connectivity index (χ1) is 10.5. The number of methoxy groups -OCH3 is 1. The molecule has 1 aromatic carbocycles. The number of rotatable bonds is 9. The first-order valence-corrected chi connectivity index (χ1v) is 7.34. The lowest BCUT2D eigenvalue weighted by Gasteiger charge is -2.20. The Morgan fingerprint density at radius 3 is 2.59 bits per heavy atom. The van der Waals surface area contributed by atoms with E-state index < -0.39 is 12.0 Å². The van der Waals surface area contributed by atoms with Crippen molar-refractivity contribution in [3.05, 3.63) is 29.8 Å². The Hall–Kier alpha value is -2.08. The zero-order chi connectivity index (χ0) is 16.5. The van der Waals surface area contributed by atoms with Gasteiger partial charge in [0.15, 0.2) is 0 Å². The fourth-order valence-electron chi connectivity index (χ4n) is 2.08. The van der Waals surface area contributed by atoms with E-state index in [1.807, 2.05) is 38.1 Å². The average molecular weight is 308 g/mol. The lowest BCUT2D eigenvalue weighted by atomic mass is 9.99. The van der Waals surface area contributed by atoms with Gasteiger partial charge in [0.25, 0.3) is 0 Å². The lowest BCUT2D eigenvalue weighted by Crippen LogP contribution is -2.46. The number of amides is 1. The van der Waals surface area contributed by atoms with Gasteiger partial charge in [0.2, 0.25) is 5.91 Å². The van der Waals surface area contributed by atoms with Crippen LogP contribution in [-0.2, 0) is 16.1 Å². The molecule has 122 valence electrons. The average Bonchev–Trinajstić information content (AvgIpc) is 2.52. The van der Waals surface area contributed by atoms with Crippen molar-refractivity contribution in [1.82, 2.24) is 10.6 Å². The summed E-state index contributed by atoms with van der Waals surface area (Å²) in [5, 5.41) is 14.7. The minimum atomic E-state index is -0.938. The van der Waals surface area contributed by atoms with Crippen LogP contribution in [0.5, 0.6) is 5.75 Å². The summed E-state index contributed by atoms with van der Waals surface area (Å²) in [6.07, 6.45) is 0.729. The van der Waals surface area contributed by atoms with E-state index in [1.165, 1.54) is 0 Å². The molecule has 3 N–H and O–H groups in total. The van der Waals surface area contributed by atoms with Crippen molar-refractivity contribution in [3.8, 4) is 5.75 Å². The number of carboxylic acid groups (broad SMARTS) is 1. The molecule has 0 bridgehead atoms. The molecule has 2 atom stereocenters. The quantitative estimate of drug-likeness (QED) is 0.642. The third-order valence-corrected chi connectivity index (χ3v) is 3.63. The van der Waals surface area contributed by atoms with Gasteiger partial charge in [0.05, 0.1) is 13.7 Å². The molecule has 0 aromatic heterocycles. The molecule has 0 saturated carbocycles. The highest BCUT2D eigenvalue weighted by Gasteiger charge is 2.23. The molecule has 0 heterocycles. The van der Waals surface area contributed by atoms with Gasteiger partial charge in [-0.05, 0) is 12.0 Å². The van der Waals surface area contributed by atoms with Gasteiger partial charge in [-0.25, -0.2) is 0 Å². The molecule has 1 aromatic rings. The smallest absolute Gasteiger partial charge is 0.320 e. The second-order valence-electron chi connectivity index (χ2n) is 5.17. The Morgan fingerprint density at radius 1 is 1.32 bits per heavy atom. The summed E-state index contributed by atoms with van der Waals surface area (Å²) < 4.78 is 5.21. The fourth-order valence-corrected chi connectivity index (χ4v) is 2.08. The van der Waals surface area contributed by atoms with E-state index in [9.17, 15) is 9.59 Å². The maximum atomic E-state index is 11.8. The summed E-state index contributed by atoms with van der Waals surface area (Å²) >= 11 is 0. The summed E-state index contributed by atoms with van der Waals surface area (Å²) in [6, 6.07) is 6.69. The Labute approximate surface area is 130 Å². The summed E-state index contributed by atoms with van der Waals surface area (Å²) in [5.74, 6) is -0.523. The van der Waals surface area contributed by atoms with E-state index in [4.69, 9.17) is 9.84 Å². The third kappa shape index (κ3) is 5.37. The highest BCUT2D eigenvalue weighted by molar-refractivity contribution is 5.80. The number of carbonyl (C=O) groups excluding carboxylic acids is 1. The van der Waals surface area contributed by atoms with Gasteiger partial charge in [-0.1, -0.05) is 38.5 Å². The van der Waals surface area contributed by atoms with Crippen molar-refractivity contribution in [2.75, 3.05) is 13.7 Å². The highest BCUT2D eigenvalue weighted by atomic mass is 16.5. The fraction of sp³-hybridized carbons (Fsp3) is 0.500. The van der Waals surface area contributed by atoms with E-state index in [0.29, 0.717) is 12.3 Å². The number of aliphatic carboxylic acids is 1. The largest absolute Gasteiger partial charge is 0.496 e. The molecule has 0 unspecified atom stereocenters. The van der Waals surface area contributed by atoms with Crippen LogP contribution >= 0.6 is 0 Å². The van der Waals surface area contributed by atoms with Crippen LogP contribution in [0.1, 0.15) is 25.8 Å². The Kier molecular flexibility index (Phi) is 7.39. The first-order valence-electron chi connectivity index (χ1n) is 7.34. The van der Waals surface area contributed by atoms with Crippen molar-refractivity contribution >= 4 is 11.9 Å². The Morgan fingerprint density at radius 2 is 2.00 bits per heavy atom. The second-order valence-corrected chi connectivity index (χ2v) is 5.17. The van der Waals surface area contributed by atoms with Gasteiger partial charge in [-0.2, -0.15) is 0 Å². The summed E-state index contributed by atoms with van der Waals surface area (Å²) in [6.45, 7) is 4.07. The van der Waals surface area contributed by atoms with Crippen LogP contribution in [0.15, 0.2) is 24.3 Å². The highest BCUT2D eigenvalue weighted by Crippen LogP contribution is 2.16. The summed E-state index contributed by atoms with van der Waals surface area (Å²) in [4.78, 5) is 23.0. The van der Waals surface area contributed by atoms with Crippen LogP contribution < -0.4 is 15.4 Å². The molecule has 0 fully saturated rings. The third-order valence-electron chi connectivity index (χ3n) is 3.63. The van der Waals surface area contributed by atoms with E-state index >= 15 is 0 Å². The number of ether oxygens (including phenoxy) is 1. The van der Waals surface area contributed by atoms with Crippen molar-refractivity contribution in [3.63, 3.8) is 0 Å². The topological polar surface area (TPSA) is 87.7 Å². The molecule has 6 nitrogen and oxygen atoms in total. The van der Waals surface area contributed by atoms with Crippen molar-refractivity contribution < 1.29 is 19.4 Å². The molecule has 1 rings (SSSR count). The molecule has 22 heavy (non-hydrogen) atoms. The number of carboxylic acids is 1.